The standard InChI is InChI=1S/C15H21BrN2O2/c1-15(2)12(8-13(15)20-3)17-9-14(19)18-11-6-4-5-10(16)7-11/h4-7,12-13,17H,8-9H2,1-3H3,(H,18,19). The average Bonchev–Trinajstić information content (AvgIpc) is 2.37. The highest BCUT2D eigenvalue weighted by Crippen LogP contribution is 2.42. The van der Waals surface area contributed by atoms with E-state index in [-0.39, 0.29) is 17.4 Å². The Labute approximate surface area is 128 Å². The van der Waals surface area contributed by atoms with Crippen molar-refractivity contribution in [2.75, 3.05) is 19.0 Å². The van der Waals surface area contributed by atoms with Crippen LogP contribution in [0.1, 0.15) is 20.3 Å². The van der Waals surface area contributed by atoms with Crippen molar-refractivity contribution in [3.63, 3.8) is 0 Å². The number of rotatable bonds is 5. The van der Waals surface area contributed by atoms with E-state index >= 15 is 0 Å². The first kappa shape index (κ1) is 15.5. The van der Waals surface area contributed by atoms with Crippen molar-refractivity contribution in [3.8, 4) is 0 Å². The lowest BCUT2D eigenvalue weighted by molar-refractivity contribution is -0.119. The molecule has 0 bridgehead atoms. The molecule has 1 saturated carbocycles. The van der Waals surface area contributed by atoms with Crippen LogP contribution in [0, 0.1) is 5.41 Å². The van der Waals surface area contributed by atoms with E-state index in [1.165, 1.54) is 0 Å². The molecule has 20 heavy (non-hydrogen) atoms. The third-order valence-electron chi connectivity index (χ3n) is 4.08. The van der Waals surface area contributed by atoms with Crippen molar-refractivity contribution in [2.24, 2.45) is 5.41 Å². The van der Waals surface area contributed by atoms with Gasteiger partial charge in [-0.3, -0.25) is 4.79 Å². The predicted molar refractivity (Wildman–Crippen MR) is 83.8 cm³/mol. The van der Waals surface area contributed by atoms with Crippen LogP contribution < -0.4 is 10.6 Å². The second kappa shape index (κ2) is 6.24. The molecule has 1 aliphatic rings. The van der Waals surface area contributed by atoms with Gasteiger partial charge < -0.3 is 15.4 Å². The number of amides is 1. The quantitative estimate of drug-likeness (QED) is 0.866. The summed E-state index contributed by atoms with van der Waals surface area (Å²) in [6.07, 6.45) is 1.22. The van der Waals surface area contributed by atoms with Crippen molar-refractivity contribution < 1.29 is 9.53 Å². The third kappa shape index (κ3) is 3.40. The van der Waals surface area contributed by atoms with Gasteiger partial charge in [0.05, 0.1) is 12.6 Å². The molecule has 0 spiro atoms. The van der Waals surface area contributed by atoms with Crippen LogP contribution in [0.25, 0.3) is 0 Å². The fraction of sp³-hybridized carbons (Fsp3) is 0.533. The zero-order chi connectivity index (χ0) is 14.8. The summed E-state index contributed by atoms with van der Waals surface area (Å²) in [6.45, 7) is 4.64. The van der Waals surface area contributed by atoms with Crippen LogP contribution in [0.15, 0.2) is 28.7 Å². The SMILES string of the molecule is COC1CC(NCC(=O)Nc2cccc(Br)c2)C1(C)C. The Hall–Kier alpha value is -0.910. The van der Waals surface area contributed by atoms with Gasteiger partial charge >= 0.3 is 0 Å². The number of nitrogens with one attached hydrogen (secondary N) is 2. The van der Waals surface area contributed by atoms with Crippen molar-refractivity contribution in [1.29, 1.82) is 0 Å². The minimum Gasteiger partial charge on any atom is -0.381 e. The molecule has 2 N–H and O–H groups in total. The summed E-state index contributed by atoms with van der Waals surface area (Å²) in [5, 5.41) is 6.18. The second-order valence-electron chi connectivity index (χ2n) is 5.77. The molecule has 0 aromatic heterocycles. The maximum absolute atomic E-state index is 11.9. The molecule has 110 valence electrons. The lowest BCUT2D eigenvalue weighted by atomic mass is 9.64. The summed E-state index contributed by atoms with van der Waals surface area (Å²) in [4.78, 5) is 11.9. The molecule has 5 heteroatoms. The number of ether oxygens (including phenoxy) is 1. The van der Waals surface area contributed by atoms with Crippen LogP contribution in [0.3, 0.4) is 0 Å². The summed E-state index contributed by atoms with van der Waals surface area (Å²) in [5.74, 6) is -0.0280. The third-order valence-corrected chi connectivity index (χ3v) is 4.57. The number of anilines is 1. The molecular weight excluding hydrogens is 320 g/mol. The van der Waals surface area contributed by atoms with E-state index in [1.54, 1.807) is 7.11 Å². The molecule has 2 unspecified atom stereocenters. The van der Waals surface area contributed by atoms with E-state index < -0.39 is 0 Å². The van der Waals surface area contributed by atoms with Crippen LogP contribution in [0.4, 0.5) is 5.69 Å². The zero-order valence-corrected chi connectivity index (χ0v) is 13.7. The first-order valence-electron chi connectivity index (χ1n) is 6.75. The number of hydrogen-bond donors (Lipinski definition) is 2. The van der Waals surface area contributed by atoms with E-state index in [0.29, 0.717) is 12.6 Å². The van der Waals surface area contributed by atoms with E-state index in [2.05, 4.69) is 40.4 Å². The second-order valence-corrected chi connectivity index (χ2v) is 6.69. The largest absolute Gasteiger partial charge is 0.381 e. The minimum atomic E-state index is -0.0280. The predicted octanol–water partition coefficient (Wildman–Crippen LogP) is 2.79. The Kier molecular flexibility index (Phi) is 4.83. The van der Waals surface area contributed by atoms with Crippen LogP contribution in [-0.4, -0.2) is 31.7 Å². The van der Waals surface area contributed by atoms with Gasteiger partial charge in [0.2, 0.25) is 5.91 Å². The highest BCUT2D eigenvalue weighted by atomic mass is 79.9. The van der Waals surface area contributed by atoms with Crippen LogP contribution in [0.2, 0.25) is 0 Å². The number of hydrogen-bond acceptors (Lipinski definition) is 3. The fourth-order valence-electron chi connectivity index (χ4n) is 2.62. The van der Waals surface area contributed by atoms with Crippen molar-refractivity contribution in [3.05, 3.63) is 28.7 Å². The molecule has 1 aromatic rings. The normalized spacial score (nSPS) is 24.0. The van der Waals surface area contributed by atoms with Gasteiger partial charge in [0.25, 0.3) is 0 Å². The molecule has 0 saturated heterocycles. The maximum atomic E-state index is 11.9. The van der Waals surface area contributed by atoms with Crippen LogP contribution in [-0.2, 0) is 9.53 Å². The Morgan fingerprint density at radius 3 is 2.85 bits per heavy atom. The molecule has 0 heterocycles. The van der Waals surface area contributed by atoms with E-state index in [9.17, 15) is 4.79 Å². The summed E-state index contributed by atoms with van der Waals surface area (Å²) in [7, 11) is 1.74. The Morgan fingerprint density at radius 1 is 1.50 bits per heavy atom. The Morgan fingerprint density at radius 2 is 2.25 bits per heavy atom. The van der Waals surface area contributed by atoms with Gasteiger partial charge in [-0.2, -0.15) is 0 Å². The molecule has 1 aliphatic carbocycles. The average molecular weight is 341 g/mol. The number of halogens is 1. The Bertz CT molecular complexity index is 491. The molecule has 4 nitrogen and oxygen atoms in total. The number of methoxy groups -OCH3 is 1. The minimum absolute atomic E-state index is 0.0280. The monoisotopic (exact) mass is 340 g/mol. The first-order chi connectivity index (χ1) is 9.43. The number of benzene rings is 1. The number of carbonyl (C=O) groups excluding carboxylic acids is 1. The fourth-order valence-corrected chi connectivity index (χ4v) is 3.02. The van der Waals surface area contributed by atoms with Crippen molar-refractivity contribution in [1.82, 2.24) is 5.32 Å². The van der Waals surface area contributed by atoms with Gasteiger partial charge in [-0.1, -0.05) is 35.8 Å². The topological polar surface area (TPSA) is 50.4 Å². The molecule has 2 atom stereocenters. The van der Waals surface area contributed by atoms with Gasteiger partial charge in [0.1, 0.15) is 0 Å². The van der Waals surface area contributed by atoms with Crippen molar-refractivity contribution >= 4 is 27.5 Å². The molecule has 1 amide bonds. The molecule has 0 radical (unpaired) electrons. The van der Waals surface area contributed by atoms with Crippen molar-refractivity contribution in [2.45, 2.75) is 32.4 Å². The first-order valence-corrected chi connectivity index (χ1v) is 7.54. The molecule has 1 fully saturated rings. The zero-order valence-electron chi connectivity index (χ0n) is 12.1. The molecule has 2 rings (SSSR count). The smallest absolute Gasteiger partial charge is 0.238 e. The lowest BCUT2D eigenvalue weighted by Crippen LogP contribution is -2.61. The Balaban J connectivity index is 1.79. The number of carbonyl (C=O) groups is 1. The summed E-state index contributed by atoms with van der Waals surface area (Å²) < 4.78 is 6.35. The highest BCUT2D eigenvalue weighted by molar-refractivity contribution is 9.10. The summed E-state index contributed by atoms with van der Waals surface area (Å²) in [5.41, 5.74) is 0.874. The van der Waals surface area contributed by atoms with Crippen LogP contribution >= 0.6 is 15.9 Å². The maximum Gasteiger partial charge on any atom is 0.238 e. The van der Waals surface area contributed by atoms with E-state index in [1.807, 2.05) is 24.3 Å². The van der Waals surface area contributed by atoms with Gasteiger partial charge in [-0.25, -0.2) is 0 Å². The van der Waals surface area contributed by atoms with E-state index in [4.69, 9.17) is 4.74 Å². The highest BCUT2D eigenvalue weighted by Gasteiger charge is 2.48. The molecule has 1 aromatic carbocycles. The van der Waals surface area contributed by atoms with Gasteiger partial charge in [0, 0.05) is 28.7 Å². The summed E-state index contributed by atoms with van der Waals surface area (Å²) >= 11 is 3.38. The van der Waals surface area contributed by atoms with Crippen LogP contribution in [0.5, 0.6) is 0 Å². The lowest BCUT2D eigenvalue weighted by Gasteiger charge is -2.51. The van der Waals surface area contributed by atoms with Gasteiger partial charge in [-0.15, -0.1) is 0 Å². The summed E-state index contributed by atoms with van der Waals surface area (Å²) in [6, 6.07) is 7.89. The van der Waals surface area contributed by atoms with Gasteiger partial charge in [0.15, 0.2) is 0 Å². The van der Waals surface area contributed by atoms with E-state index in [0.717, 1.165) is 16.6 Å². The molecular formula is C15H21BrN2O2. The van der Waals surface area contributed by atoms with Gasteiger partial charge in [-0.05, 0) is 24.6 Å². The molecule has 0 aliphatic heterocycles.